The Morgan fingerprint density at radius 1 is 1.53 bits per heavy atom. The van der Waals surface area contributed by atoms with E-state index in [0.29, 0.717) is 0 Å². The van der Waals surface area contributed by atoms with Crippen LogP contribution in [-0.4, -0.2) is 32.5 Å². The third kappa shape index (κ3) is 4.53. The van der Waals surface area contributed by atoms with Crippen LogP contribution in [0.1, 0.15) is 13.3 Å². The zero-order chi connectivity index (χ0) is 11.3. The first-order valence-corrected chi connectivity index (χ1v) is 6.46. The van der Waals surface area contributed by atoms with E-state index in [1.54, 1.807) is 11.8 Å². The zero-order valence-electron chi connectivity index (χ0n) is 8.51. The second kappa shape index (κ2) is 5.97. The van der Waals surface area contributed by atoms with E-state index in [0.717, 1.165) is 10.1 Å². The Bertz CT molecular complexity index is 347. The van der Waals surface area contributed by atoms with Crippen LogP contribution in [-0.2, 0) is 4.79 Å². The number of rotatable bonds is 5. The fraction of sp³-hybridized carbons (Fsp3) is 0.444. The van der Waals surface area contributed by atoms with E-state index in [2.05, 4.69) is 9.97 Å². The summed E-state index contributed by atoms with van der Waals surface area (Å²) in [5.41, 5.74) is 0. The van der Waals surface area contributed by atoms with Gasteiger partial charge in [0, 0.05) is 11.3 Å². The lowest BCUT2D eigenvalue weighted by atomic mass is 10.3. The van der Waals surface area contributed by atoms with Crippen molar-refractivity contribution in [3.8, 4) is 0 Å². The van der Waals surface area contributed by atoms with Gasteiger partial charge in [-0.3, -0.25) is 4.79 Å². The Morgan fingerprint density at radius 2 is 2.20 bits per heavy atom. The molecule has 0 saturated carbocycles. The highest BCUT2D eigenvalue weighted by atomic mass is 32.2. The first-order valence-electron chi connectivity index (χ1n) is 4.36. The first-order chi connectivity index (χ1) is 7.11. The maximum absolute atomic E-state index is 10.5. The molecule has 1 heterocycles. The molecule has 0 radical (unpaired) electrons. The number of carboxylic acids is 1. The maximum Gasteiger partial charge on any atom is 0.304 e. The van der Waals surface area contributed by atoms with E-state index in [1.165, 1.54) is 18.1 Å². The average molecular weight is 244 g/mol. The number of carbonyl (C=O) groups is 1. The van der Waals surface area contributed by atoms with Crippen LogP contribution in [0, 0.1) is 0 Å². The van der Waals surface area contributed by atoms with Gasteiger partial charge in [-0.15, -0.1) is 23.5 Å². The highest BCUT2D eigenvalue weighted by Crippen LogP contribution is 2.25. The lowest BCUT2D eigenvalue weighted by molar-refractivity contribution is -0.136. The van der Waals surface area contributed by atoms with Crippen molar-refractivity contribution in [2.45, 2.75) is 28.6 Å². The second-order valence-electron chi connectivity index (χ2n) is 2.92. The van der Waals surface area contributed by atoms with Crippen LogP contribution >= 0.6 is 23.5 Å². The van der Waals surface area contributed by atoms with E-state index < -0.39 is 5.97 Å². The van der Waals surface area contributed by atoms with Crippen LogP contribution in [0.15, 0.2) is 22.4 Å². The molecule has 0 aliphatic heterocycles. The molecule has 15 heavy (non-hydrogen) atoms. The molecule has 0 bridgehead atoms. The van der Waals surface area contributed by atoms with Crippen molar-refractivity contribution >= 4 is 29.5 Å². The largest absolute Gasteiger partial charge is 0.481 e. The summed E-state index contributed by atoms with van der Waals surface area (Å²) < 4.78 is 0. The van der Waals surface area contributed by atoms with Gasteiger partial charge >= 0.3 is 5.97 Å². The van der Waals surface area contributed by atoms with Gasteiger partial charge in [-0.05, 0) is 6.26 Å². The molecule has 6 heteroatoms. The zero-order valence-corrected chi connectivity index (χ0v) is 10.1. The number of thioether (sulfide) groups is 2. The van der Waals surface area contributed by atoms with Gasteiger partial charge in [-0.25, -0.2) is 9.97 Å². The van der Waals surface area contributed by atoms with E-state index in [1.807, 2.05) is 19.2 Å². The molecule has 0 fully saturated rings. The molecule has 0 amide bonds. The Kier molecular flexibility index (Phi) is 4.90. The van der Waals surface area contributed by atoms with Crippen molar-refractivity contribution in [1.29, 1.82) is 0 Å². The normalized spacial score (nSPS) is 12.4. The number of aromatic nitrogens is 2. The topological polar surface area (TPSA) is 63.1 Å². The van der Waals surface area contributed by atoms with E-state index in [9.17, 15) is 4.79 Å². The van der Waals surface area contributed by atoms with Gasteiger partial charge in [0.15, 0.2) is 0 Å². The molecular weight excluding hydrogens is 232 g/mol. The third-order valence-electron chi connectivity index (χ3n) is 1.61. The molecule has 1 rings (SSSR count). The summed E-state index contributed by atoms with van der Waals surface area (Å²) in [7, 11) is 0. The molecule has 0 aliphatic rings. The monoisotopic (exact) mass is 244 g/mol. The average Bonchev–Trinajstić information content (AvgIpc) is 2.16. The van der Waals surface area contributed by atoms with Crippen LogP contribution in [0.3, 0.4) is 0 Å². The van der Waals surface area contributed by atoms with Gasteiger partial charge in [0.05, 0.1) is 6.42 Å². The molecule has 1 unspecified atom stereocenters. The summed E-state index contributed by atoms with van der Waals surface area (Å²) in [5, 5.41) is 10.4. The molecule has 4 nitrogen and oxygen atoms in total. The van der Waals surface area contributed by atoms with E-state index >= 15 is 0 Å². The van der Waals surface area contributed by atoms with Gasteiger partial charge in [0.1, 0.15) is 16.4 Å². The van der Waals surface area contributed by atoms with Crippen LogP contribution in [0.5, 0.6) is 0 Å². The van der Waals surface area contributed by atoms with Crippen molar-refractivity contribution in [2.24, 2.45) is 0 Å². The third-order valence-corrected chi connectivity index (χ3v) is 3.29. The molecule has 0 aliphatic carbocycles. The fourth-order valence-electron chi connectivity index (χ4n) is 0.993. The van der Waals surface area contributed by atoms with Gasteiger partial charge < -0.3 is 5.11 Å². The van der Waals surface area contributed by atoms with Gasteiger partial charge in [0.25, 0.3) is 0 Å². The Labute approximate surface area is 96.9 Å². The molecule has 82 valence electrons. The number of aliphatic carboxylic acids is 1. The highest BCUT2D eigenvalue weighted by molar-refractivity contribution is 8.00. The summed E-state index contributed by atoms with van der Waals surface area (Å²) in [6.07, 6.45) is 3.59. The molecular formula is C9H12N2O2S2. The van der Waals surface area contributed by atoms with Gasteiger partial charge in [0.2, 0.25) is 0 Å². The predicted octanol–water partition coefficient (Wildman–Crippen LogP) is 2.15. The Morgan fingerprint density at radius 3 is 2.80 bits per heavy atom. The smallest absolute Gasteiger partial charge is 0.304 e. The summed E-state index contributed by atoms with van der Waals surface area (Å²) >= 11 is 3.00. The van der Waals surface area contributed by atoms with Crippen LogP contribution < -0.4 is 0 Å². The number of carboxylic acid groups (broad SMARTS) is 1. The molecule has 1 aromatic rings. The van der Waals surface area contributed by atoms with Crippen molar-refractivity contribution in [2.75, 3.05) is 6.26 Å². The van der Waals surface area contributed by atoms with Crippen molar-refractivity contribution < 1.29 is 9.90 Å². The highest BCUT2D eigenvalue weighted by Gasteiger charge is 2.10. The molecule has 0 saturated heterocycles. The van der Waals surface area contributed by atoms with Crippen molar-refractivity contribution in [1.82, 2.24) is 9.97 Å². The second-order valence-corrected chi connectivity index (χ2v) is 5.21. The minimum atomic E-state index is -0.783. The summed E-state index contributed by atoms with van der Waals surface area (Å²) in [6, 6.07) is 1.87. The number of hydrogen-bond donors (Lipinski definition) is 1. The Balaban J connectivity index is 2.59. The lowest BCUT2D eigenvalue weighted by Gasteiger charge is -2.07. The van der Waals surface area contributed by atoms with Crippen molar-refractivity contribution in [3.63, 3.8) is 0 Å². The number of hydrogen-bond acceptors (Lipinski definition) is 5. The molecule has 0 aromatic carbocycles. The van der Waals surface area contributed by atoms with Gasteiger partial charge in [-0.1, -0.05) is 6.92 Å². The van der Waals surface area contributed by atoms with E-state index in [4.69, 9.17) is 5.11 Å². The lowest BCUT2D eigenvalue weighted by Crippen LogP contribution is -2.05. The minimum Gasteiger partial charge on any atom is -0.481 e. The van der Waals surface area contributed by atoms with Crippen molar-refractivity contribution in [3.05, 3.63) is 12.4 Å². The quantitative estimate of drug-likeness (QED) is 0.632. The van der Waals surface area contributed by atoms with E-state index in [-0.39, 0.29) is 11.7 Å². The fourth-order valence-corrected chi connectivity index (χ4v) is 2.38. The summed E-state index contributed by atoms with van der Waals surface area (Å²) in [5.74, 6) is -0.783. The minimum absolute atomic E-state index is 0.0205. The molecule has 1 N–H and O–H groups in total. The predicted molar refractivity (Wildman–Crippen MR) is 61.4 cm³/mol. The molecule has 0 spiro atoms. The maximum atomic E-state index is 10.5. The van der Waals surface area contributed by atoms with Gasteiger partial charge in [-0.2, -0.15) is 0 Å². The van der Waals surface area contributed by atoms with Crippen LogP contribution in [0.4, 0.5) is 0 Å². The van der Waals surface area contributed by atoms with Crippen LogP contribution in [0.25, 0.3) is 0 Å². The number of nitrogens with zero attached hydrogens (tertiary/aromatic N) is 2. The first kappa shape index (κ1) is 12.3. The molecule has 1 aromatic heterocycles. The standard InChI is InChI=1S/C9H12N2O2S2/c1-6(3-9(12)13)15-8-4-7(14-2)10-5-11-8/h4-6H,3H2,1-2H3,(H,12,13). The Hall–Kier alpha value is -0.750. The summed E-state index contributed by atoms with van der Waals surface area (Å²) in [6.45, 7) is 1.87. The summed E-state index contributed by atoms with van der Waals surface area (Å²) in [4.78, 5) is 18.6. The SMILES string of the molecule is CSc1cc(SC(C)CC(=O)O)ncn1. The van der Waals surface area contributed by atoms with Crippen LogP contribution in [0.2, 0.25) is 0 Å². The molecule has 1 atom stereocenters.